The Labute approximate surface area is 52.5 Å². The first-order valence-corrected chi connectivity index (χ1v) is 3.21. The molecular formula is C7H16N. The van der Waals surface area contributed by atoms with Crippen molar-refractivity contribution in [1.82, 2.24) is 5.32 Å². The molecule has 8 heavy (non-hydrogen) atoms. The first-order valence-electron chi connectivity index (χ1n) is 3.21. The Kier molecular flexibility index (Phi) is 5.08. The van der Waals surface area contributed by atoms with Crippen molar-refractivity contribution in [2.45, 2.75) is 26.7 Å². The van der Waals surface area contributed by atoms with Crippen molar-refractivity contribution in [2.75, 3.05) is 13.6 Å². The summed E-state index contributed by atoms with van der Waals surface area (Å²) >= 11 is 0. The van der Waals surface area contributed by atoms with Gasteiger partial charge < -0.3 is 5.32 Å². The third-order valence-corrected chi connectivity index (χ3v) is 1.10. The lowest BCUT2D eigenvalue weighted by atomic mass is 10.1. The number of hydrogen-bond acceptors (Lipinski definition) is 1. The van der Waals surface area contributed by atoms with Crippen molar-refractivity contribution in [3.8, 4) is 0 Å². The molecule has 0 aliphatic rings. The number of nitrogens with one attached hydrogen (secondary N) is 1. The van der Waals surface area contributed by atoms with Crippen LogP contribution in [0.25, 0.3) is 0 Å². The van der Waals surface area contributed by atoms with E-state index in [0.717, 1.165) is 6.54 Å². The fourth-order valence-corrected chi connectivity index (χ4v) is 0.619. The summed E-state index contributed by atoms with van der Waals surface area (Å²) in [4.78, 5) is 0. The van der Waals surface area contributed by atoms with E-state index in [-0.39, 0.29) is 0 Å². The largest absolute Gasteiger partial charge is 0.320 e. The van der Waals surface area contributed by atoms with Gasteiger partial charge in [-0.15, -0.1) is 0 Å². The topological polar surface area (TPSA) is 12.0 Å². The van der Waals surface area contributed by atoms with Crippen molar-refractivity contribution < 1.29 is 0 Å². The minimum atomic E-state index is 1.14. The smallest absolute Gasteiger partial charge is 0.00517 e. The van der Waals surface area contributed by atoms with E-state index in [9.17, 15) is 0 Å². The van der Waals surface area contributed by atoms with Gasteiger partial charge in [0.2, 0.25) is 0 Å². The van der Waals surface area contributed by atoms with Crippen molar-refractivity contribution in [2.24, 2.45) is 0 Å². The predicted octanol–water partition coefficient (Wildman–Crippen LogP) is 1.60. The van der Waals surface area contributed by atoms with Crippen molar-refractivity contribution in [3.05, 3.63) is 5.92 Å². The molecule has 0 saturated heterocycles. The Bertz CT molecular complexity index is 41.7. The van der Waals surface area contributed by atoms with E-state index in [4.69, 9.17) is 0 Å². The zero-order valence-corrected chi connectivity index (χ0v) is 6.12. The minimum Gasteiger partial charge on any atom is -0.320 e. The molecule has 0 saturated carbocycles. The van der Waals surface area contributed by atoms with Crippen LogP contribution in [0.2, 0.25) is 0 Å². The third kappa shape index (κ3) is 5.96. The molecule has 0 spiro atoms. The van der Waals surface area contributed by atoms with Crippen LogP contribution in [0.4, 0.5) is 0 Å². The summed E-state index contributed by atoms with van der Waals surface area (Å²) in [5, 5.41) is 3.11. The second kappa shape index (κ2) is 5.10. The number of rotatable bonds is 4. The highest BCUT2D eigenvalue weighted by Crippen LogP contribution is 2.03. The molecule has 0 aliphatic carbocycles. The predicted molar refractivity (Wildman–Crippen MR) is 37.8 cm³/mol. The van der Waals surface area contributed by atoms with Gasteiger partial charge in [0.25, 0.3) is 0 Å². The summed E-state index contributed by atoms with van der Waals surface area (Å²) in [6, 6.07) is 0. The van der Waals surface area contributed by atoms with Crippen LogP contribution in [0.5, 0.6) is 0 Å². The second-order valence-electron chi connectivity index (χ2n) is 2.41. The summed E-state index contributed by atoms with van der Waals surface area (Å²) in [5.41, 5.74) is 0. The fourth-order valence-electron chi connectivity index (χ4n) is 0.619. The van der Waals surface area contributed by atoms with E-state index >= 15 is 0 Å². The van der Waals surface area contributed by atoms with E-state index in [0.29, 0.717) is 0 Å². The van der Waals surface area contributed by atoms with Crippen LogP contribution >= 0.6 is 0 Å². The van der Waals surface area contributed by atoms with Gasteiger partial charge in [-0.3, -0.25) is 0 Å². The Hall–Kier alpha value is -0.0400. The van der Waals surface area contributed by atoms with Crippen LogP contribution in [0.3, 0.4) is 0 Å². The Morgan fingerprint density at radius 1 is 1.38 bits per heavy atom. The SMILES string of the molecule is CNCCC[C](C)C. The highest BCUT2D eigenvalue weighted by Gasteiger charge is 1.90. The molecule has 0 bridgehead atoms. The second-order valence-corrected chi connectivity index (χ2v) is 2.41. The van der Waals surface area contributed by atoms with Crippen molar-refractivity contribution in [3.63, 3.8) is 0 Å². The van der Waals surface area contributed by atoms with Crippen LogP contribution in [0.1, 0.15) is 26.7 Å². The summed E-state index contributed by atoms with van der Waals surface area (Å²) in [7, 11) is 1.99. The highest BCUT2D eigenvalue weighted by molar-refractivity contribution is 4.75. The van der Waals surface area contributed by atoms with Gasteiger partial charge in [0.05, 0.1) is 0 Å². The zero-order chi connectivity index (χ0) is 6.41. The van der Waals surface area contributed by atoms with Gasteiger partial charge in [-0.05, 0) is 32.4 Å². The zero-order valence-electron chi connectivity index (χ0n) is 6.12. The average Bonchev–Trinajstić information content (AvgIpc) is 1.66. The Balaban J connectivity index is 2.72. The molecule has 1 radical (unpaired) electrons. The molecule has 0 heterocycles. The quantitative estimate of drug-likeness (QED) is 0.547. The van der Waals surface area contributed by atoms with Crippen molar-refractivity contribution >= 4 is 0 Å². The Morgan fingerprint density at radius 2 is 2.00 bits per heavy atom. The van der Waals surface area contributed by atoms with E-state index in [1.54, 1.807) is 0 Å². The number of hydrogen-bond donors (Lipinski definition) is 1. The molecule has 1 nitrogen and oxygen atoms in total. The Morgan fingerprint density at radius 3 is 2.38 bits per heavy atom. The third-order valence-electron chi connectivity index (χ3n) is 1.10. The normalized spacial score (nSPS) is 10.5. The molecule has 0 aromatic rings. The van der Waals surface area contributed by atoms with Gasteiger partial charge in [-0.25, -0.2) is 0 Å². The molecule has 0 amide bonds. The van der Waals surface area contributed by atoms with Crippen LogP contribution in [-0.2, 0) is 0 Å². The maximum atomic E-state index is 3.11. The van der Waals surface area contributed by atoms with E-state index < -0.39 is 0 Å². The summed E-state index contributed by atoms with van der Waals surface area (Å²) < 4.78 is 0. The summed E-state index contributed by atoms with van der Waals surface area (Å²) in [5.74, 6) is 1.53. The van der Waals surface area contributed by atoms with E-state index in [2.05, 4.69) is 19.2 Å². The van der Waals surface area contributed by atoms with Gasteiger partial charge in [0.15, 0.2) is 0 Å². The monoisotopic (exact) mass is 114 g/mol. The molecule has 0 fully saturated rings. The summed E-state index contributed by atoms with van der Waals surface area (Å²) in [6.07, 6.45) is 2.54. The van der Waals surface area contributed by atoms with Gasteiger partial charge in [-0.1, -0.05) is 13.8 Å². The first kappa shape index (κ1) is 7.96. The van der Waals surface area contributed by atoms with Crippen LogP contribution in [-0.4, -0.2) is 13.6 Å². The molecular weight excluding hydrogens is 98.1 g/mol. The lowest BCUT2D eigenvalue weighted by Crippen LogP contribution is -2.07. The van der Waals surface area contributed by atoms with Gasteiger partial charge >= 0.3 is 0 Å². The lowest BCUT2D eigenvalue weighted by molar-refractivity contribution is 0.686. The maximum Gasteiger partial charge on any atom is -0.00517 e. The average molecular weight is 114 g/mol. The van der Waals surface area contributed by atoms with E-state index in [1.165, 1.54) is 18.8 Å². The molecule has 0 aromatic carbocycles. The lowest BCUT2D eigenvalue weighted by Gasteiger charge is -2.01. The van der Waals surface area contributed by atoms with E-state index in [1.807, 2.05) is 7.05 Å². The van der Waals surface area contributed by atoms with Gasteiger partial charge in [-0.2, -0.15) is 0 Å². The molecule has 0 aromatic heterocycles. The fraction of sp³-hybridized carbons (Fsp3) is 0.857. The first-order chi connectivity index (χ1) is 3.77. The van der Waals surface area contributed by atoms with Crippen molar-refractivity contribution in [1.29, 1.82) is 0 Å². The van der Waals surface area contributed by atoms with Gasteiger partial charge in [0.1, 0.15) is 0 Å². The highest BCUT2D eigenvalue weighted by atomic mass is 14.8. The summed E-state index contributed by atoms with van der Waals surface area (Å²) in [6.45, 7) is 5.50. The van der Waals surface area contributed by atoms with Crippen LogP contribution in [0.15, 0.2) is 0 Å². The molecule has 0 aliphatic heterocycles. The molecule has 0 rings (SSSR count). The standard InChI is InChI=1S/C7H16N/c1-7(2)5-4-6-8-3/h8H,4-6H2,1-3H3. The van der Waals surface area contributed by atoms with Crippen LogP contribution in [0, 0.1) is 5.92 Å². The van der Waals surface area contributed by atoms with Gasteiger partial charge in [0, 0.05) is 0 Å². The molecule has 49 valence electrons. The maximum absolute atomic E-state index is 3.11. The minimum absolute atomic E-state index is 1.14. The van der Waals surface area contributed by atoms with Crippen LogP contribution < -0.4 is 5.32 Å². The molecule has 1 N–H and O–H groups in total. The molecule has 0 unspecified atom stereocenters. The molecule has 0 atom stereocenters. The molecule has 1 heteroatoms.